The normalized spacial score (nSPS) is 25.5. The van der Waals surface area contributed by atoms with Crippen molar-refractivity contribution < 1.29 is 4.39 Å². The fourth-order valence-corrected chi connectivity index (χ4v) is 2.79. The van der Waals surface area contributed by atoms with E-state index in [-0.39, 0.29) is 11.2 Å². The second-order valence-corrected chi connectivity index (χ2v) is 6.63. The molecule has 19 heavy (non-hydrogen) atoms. The van der Waals surface area contributed by atoms with Gasteiger partial charge in [0.25, 0.3) is 0 Å². The van der Waals surface area contributed by atoms with Crippen molar-refractivity contribution in [2.75, 3.05) is 13.1 Å². The van der Waals surface area contributed by atoms with Gasteiger partial charge in [-0.25, -0.2) is 4.39 Å². The lowest BCUT2D eigenvalue weighted by Gasteiger charge is -2.45. The Kier molecular flexibility index (Phi) is 4.21. The molecule has 0 radical (unpaired) electrons. The maximum atomic E-state index is 13.2. The number of hydrogen-bond acceptors (Lipinski definition) is 3. The second kappa shape index (κ2) is 5.55. The third-order valence-corrected chi connectivity index (χ3v) is 3.76. The molecule has 4 heteroatoms. The van der Waals surface area contributed by atoms with E-state index in [9.17, 15) is 4.39 Å². The molecule has 2 atom stereocenters. The highest BCUT2D eigenvalue weighted by Gasteiger charge is 2.34. The van der Waals surface area contributed by atoms with E-state index in [1.807, 2.05) is 0 Å². The van der Waals surface area contributed by atoms with E-state index in [0.717, 1.165) is 25.2 Å². The van der Waals surface area contributed by atoms with Gasteiger partial charge in [0.05, 0.1) is 6.20 Å². The van der Waals surface area contributed by atoms with Crippen LogP contribution in [0.15, 0.2) is 18.5 Å². The van der Waals surface area contributed by atoms with Gasteiger partial charge in [-0.2, -0.15) is 0 Å². The zero-order chi connectivity index (χ0) is 14.0. The number of pyridine rings is 1. The molecule has 106 valence electrons. The first-order valence-corrected chi connectivity index (χ1v) is 6.93. The summed E-state index contributed by atoms with van der Waals surface area (Å²) < 4.78 is 13.2. The Hall–Kier alpha value is -1.00. The molecule has 0 saturated carbocycles. The van der Waals surface area contributed by atoms with Crippen LogP contribution in [0.2, 0.25) is 0 Å². The van der Waals surface area contributed by atoms with Crippen molar-refractivity contribution in [2.45, 2.75) is 46.3 Å². The number of piperazine rings is 1. The molecule has 0 spiro atoms. The van der Waals surface area contributed by atoms with Crippen molar-refractivity contribution in [1.82, 2.24) is 15.2 Å². The summed E-state index contributed by atoms with van der Waals surface area (Å²) in [6.45, 7) is 11.7. The van der Waals surface area contributed by atoms with E-state index >= 15 is 0 Å². The van der Waals surface area contributed by atoms with Gasteiger partial charge in [0.15, 0.2) is 0 Å². The SMILES string of the molecule is CC1CN(Cc2cncc(F)c2)C(C(C)(C)C)CN1. The van der Waals surface area contributed by atoms with Crippen LogP contribution in [0, 0.1) is 11.2 Å². The van der Waals surface area contributed by atoms with Gasteiger partial charge < -0.3 is 5.32 Å². The third kappa shape index (κ3) is 3.74. The van der Waals surface area contributed by atoms with Crippen molar-refractivity contribution in [1.29, 1.82) is 0 Å². The van der Waals surface area contributed by atoms with Gasteiger partial charge in [-0.05, 0) is 24.0 Å². The predicted molar refractivity (Wildman–Crippen MR) is 75.3 cm³/mol. The average Bonchev–Trinajstić information content (AvgIpc) is 2.27. The zero-order valence-corrected chi connectivity index (χ0v) is 12.3. The maximum absolute atomic E-state index is 13.2. The highest BCUT2D eigenvalue weighted by atomic mass is 19.1. The molecule has 2 heterocycles. The minimum Gasteiger partial charge on any atom is -0.311 e. The van der Waals surface area contributed by atoms with Crippen LogP contribution in [0.1, 0.15) is 33.3 Å². The highest BCUT2D eigenvalue weighted by molar-refractivity contribution is 5.11. The van der Waals surface area contributed by atoms with Crippen molar-refractivity contribution in [3.63, 3.8) is 0 Å². The van der Waals surface area contributed by atoms with Crippen LogP contribution >= 0.6 is 0 Å². The van der Waals surface area contributed by atoms with Gasteiger partial charge in [-0.3, -0.25) is 9.88 Å². The number of aromatic nitrogens is 1. The molecular weight excluding hydrogens is 241 g/mol. The molecule has 0 aromatic carbocycles. The topological polar surface area (TPSA) is 28.2 Å². The molecule has 0 amide bonds. The molecule has 1 aliphatic rings. The van der Waals surface area contributed by atoms with Crippen molar-refractivity contribution >= 4 is 0 Å². The summed E-state index contributed by atoms with van der Waals surface area (Å²) in [6.07, 6.45) is 3.01. The summed E-state index contributed by atoms with van der Waals surface area (Å²) in [6, 6.07) is 2.51. The smallest absolute Gasteiger partial charge is 0.141 e. The minimum atomic E-state index is -0.256. The Labute approximate surface area is 115 Å². The van der Waals surface area contributed by atoms with Crippen molar-refractivity contribution in [3.8, 4) is 0 Å². The Morgan fingerprint density at radius 2 is 2.16 bits per heavy atom. The Morgan fingerprint density at radius 3 is 2.79 bits per heavy atom. The third-order valence-electron chi connectivity index (χ3n) is 3.76. The average molecular weight is 265 g/mol. The Morgan fingerprint density at radius 1 is 1.42 bits per heavy atom. The molecule has 2 unspecified atom stereocenters. The molecule has 1 saturated heterocycles. The lowest BCUT2D eigenvalue weighted by atomic mass is 9.84. The molecular formula is C15H24FN3. The van der Waals surface area contributed by atoms with E-state index in [0.29, 0.717) is 12.1 Å². The van der Waals surface area contributed by atoms with Crippen LogP contribution in [-0.4, -0.2) is 35.1 Å². The number of rotatable bonds is 2. The lowest BCUT2D eigenvalue weighted by Crippen LogP contribution is -2.59. The van der Waals surface area contributed by atoms with Gasteiger partial charge in [-0.15, -0.1) is 0 Å². The quantitative estimate of drug-likeness (QED) is 0.890. The van der Waals surface area contributed by atoms with E-state index in [4.69, 9.17) is 0 Å². The summed E-state index contributed by atoms with van der Waals surface area (Å²) >= 11 is 0. The first-order chi connectivity index (χ1) is 8.86. The Bertz CT molecular complexity index is 428. The monoisotopic (exact) mass is 265 g/mol. The van der Waals surface area contributed by atoms with Crippen LogP contribution in [-0.2, 0) is 6.54 Å². The fraction of sp³-hybridized carbons (Fsp3) is 0.667. The van der Waals surface area contributed by atoms with Crippen molar-refractivity contribution in [2.24, 2.45) is 5.41 Å². The van der Waals surface area contributed by atoms with Crippen molar-refractivity contribution in [3.05, 3.63) is 29.8 Å². The standard InChI is InChI=1S/C15H24FN3/c1-11-9-19(14(8-18-11)15(2,3)4)10-12-5-13(16)7-17-6-12/h5-7,11,14,18H,8-10H2,1-4H3. The fourth-order valence-electron chi connectivity index (χ4n) is 2.79. The molecule has 1 aromatic rings. The largest absolute Gasteiger partial charge is 0.311 e. The Balaban J connectivity index is 2.14. The molecule has 0 bridgehead atoms. The van der Waals surface area contributed by atoms with E-state index in [2.05, 4.69) is 42.9 Å². The van der Waals surface area contributed by atoms with Crippen LogP contribution < -0.4 is 5.32 Å². The molecule has 1 aliphatic heterocycles. The van der Waals surface area contributed by atoms with E-state index in [1.54, 1.807) is 12.3 Å². The summed E-state index contributed by atoms with van der Waals surface area (Å²) in [5.41, 5.74) is 1.15. The maximum Gasteiger partial charge on any atom is 0.141 e. The van der Waals surface area contributed by atoms with Crippen LogP contribution in [0.25, 0.3) is 0 Å². The van der Waals surface area contributed by atoms with E-state index < -0.39 is 0 Å². The van der Waals surface area contributed by atoms with Gasteiger partial charge in [0.1, 0.15) is 5.82 Å². The number of nitrogens with zero attached hydrogens (tertiary/aromatic N) is 2. The van der Waals surface area contributed by atoms with E-state index in [1.165, 1.54) is 6.20 Å². The van der Waals surface area contributed by atoms with Gasteiger partial charge in [-0.1, -0.05) is 20.8 Å². The molecule has 3 nitrogen and oxygen atoms in total. The molecule has 0 aliphatic carbocycles. The van der Waals surface area contributed by atoms with Crippen LogP contribution in [0.4, 0.5) is 4.39 Å². The van der Waals surface area contributed by atoms with Gasteiger partial charge >= 0.3 is 0 Å². The molecule has 2 rings (SSSR count). The first kappa shape index (κ1) is 14.4. The number of nitrogens with one attached hydrogen (secondary N) is 1. The second-order valence-electron chi connectivity index (χ2n) is 6.63. The molecule has 1 aromatic heterocycles. The summed E-state index contributed by atoms with van der Waals surface area (Å²) in [5.74, 6) is -0.256. The molecule has 1 N–H and O–H groups in total. The zero-order valence-electron chi connectivity index (χ0n) is 12.3. The summed E-state index contributed by atoms with van der Waals surface area (Å²) in [7, 11) is 0. The first-order valence-electron chi connectivity index (χ1n) is 6.93. The molecule has 1 fully saturated rings. The number of halogens is 1. The van der Waals surface area contributed by atoms with Gasteiger partial charge in [0.2, 0.25) is 0 Å². The van der Waals surface area contributed by atoms with Crippen LogP contribution in [0.5, 0.6) is 0 Å². The van der Waals surface area contributed by atoms with Crippen LogP contribution in [0.3, 0.4) is 0 Å². The number of hydrogen-bond donors (Lipinski definition) is 1. The predicted octanol–water partition coefficient (Wildman–Crippen LogP) is 2.43. The minimum absolute atomic E-state index is 0.202. The summed E-state index contributed by atoms with van der Waals surface area (Å²) in [4.78, 5) is 6.38. The van der Waals surface area contributed by atoms with Gasteiger partial charge in [0, 0.05) is 37.9 Å². The lowest BCUT2D eigenvalue weighted by molar-refractivity contribution is 0.0525. The summed E-state index contributed by atoms with van der Waals surface area (Å²) in [5, 5.41) is 3.53. The highest BCUT2D eigenvalue weighted by Crippen LogP contribution is 2.27.